The van der Waals surface area contributed by atoms with Crippen molar-refractivity contribution in [1.29, 1.82) is 0 Å². The van der Waals surface area contributed by atoms with Crippen molar-refractivity contribution in [2.75, 3.05) is 0 Å². The third kappa shape index (κ3) is 2.66. The quantitative estimate of drug-likeness (QED) is 0.690. The average Bonchev–Trinajstić information content (AvgIpc) is 2.03. The molecule has 0 N–H and O–H groups in total. The number of rotatable bonds is 1. The van der Waals surface area contributed by atoms with E-state index in [0.29, 0.717) is 0 Å². The molecule has 0 aromatic heterocycles. The van der Waals surface area contributed by atoms with Crippen LogP contribution in [0.25, 0.3) is 0 Å². The Morgan fingerprint density at radius 3 is 1.92 bits per heavy atom. The Morgan fingerprint density at radius 1 is 1.08 bits per heavy atom. The van der Waals surface area contributed by atoms with Crippen molar-refractivity contribution in [3.05, 3.63) is 29.8 Å². The van der Waals surface area contributed by atoms with E-state index in [2.05, 4.69) is 66.2 Å². The van der Waals surface area contributed by atoms with Crippen LogP contribution >= 0.6 is 30.1 Å². The van der Waals surface area contributed by atoms with Gasteiger partial charge in [-0.25, -0.2) is 0 Å². The van der Waals surface area contributed by atoms with Crippen molar-refractivity contribution >= 4 is 30.1 Å². The molecule has 1 aromatic carbocycles. The molecule has 0 nitrogen and oxygen atoms in total. The van der Waals surface area contributed by atoms with Gasteiger partial charge in [-0.1, -0.05) is 41.8 Å². The minimum absolute atomic E-state index is 0.272. The van der Waals surface area contributed by atoms with Gasteiger partial charge in [0.25, 0.3) is 0 Å². The summed E-state index contributed by atoms with van der Waals surface area (Å²) >= 11 is 2.30. The molecule has 0 aliphatic rings. The molecule has 1 rings (SSSR count). The molecule has 66 valence electrons. The van der Waals surface area contributed by atoms with Crippen LogP contribution in [0.5, 0.6) is 0 Å². The van der Waals surface area contributed by atoms with Crippen LogP contribution in [0, 0.1) is 0 Å². The number of halogens is 1. The second-order valence-corrected chi connectivity index (χ2v) is 5.80. The highest BCUT2D eigenvalue weighted by atomic mass is 127. The van der Waals surface area contributed by atoms with Crippen LogP contribution in [0.15, 0.2) is 29.2 Å². The molecule has 0 fully saturated rings. The van der Waals surface area contributed by atoms with Crippen molar-refractivity contribution in [2.45, 2.75) is 31.1 Å². The molecule has 1 aromatic rings. The first-order valence-electron chi connectivity index (χ1n) is 3.93. The van der Waals surface area contributed by atoms with Crippen LogP contribution in [0.2, 0.25) is 0 Å². The molecule has 0 aliphatic heterocycles. The molecule has 0 aliphatic carbocycles. The number of hydrogen-bond acceptors (Lipinski definition) is 1. The normalized spacial score (nSPS) is 11.7. The van der Waals surface area contributed by atoms with Crippen molar-refractivity contribution in [3.63, 3.8) is 0 Å². The van der Waals surface area contributed by atoms with Gasteiger partial charge >= 0.3 is 0 Å². The Balaban J connectivity index is 2.93. The van der Waals surface area contributed by atoms with Gasteiger partial charge in [0.05, 0.1) is 0 Å². The highest BCUT2D eigenvalue weighted by Gasteiger charge is 2.12. The molecule has 0 unspecified atom stereocenters. The third-order valence-corrected chi connectivity index (χ3v) is 3.79. The Morgan fingerprint density at radius 2 is 1.58 bits per heavy atom. The maximum Gasteiger partial charge on any atom is 0.0178 e. The summed E-state index contributed by atoms with van der Waals surface area (Å²) in [5.41, 5.74) is 1.67. The summed E-state index contributed by atoms with van der Waals surface area (Å²) < 4.78 is 0. The second kappa shape index (κ2) is 4.01. The van der Waals surface area contributed by atoms with Gasteiger partial charge in [-0.05, 0) is 23.1 Å². The maximum absolute atomic E-state index is 2.30. The average molecular weight is 292 g/mol. The van der Waals surface area contributed by atoms with Gasteiger partial charge in [-0.15, -0.1) is 0 Å². The zero-order chi connectivity index (χ0) is 9.19. The van der Waals surface area contributed by atoms with E-state index in [9.17, 15) is 0 Å². The highest BCUT2D eigenvalue weighted by molar-refractivity contribution is 14.2. The fraction of sp³-hybridized carbons (Fsp3) is 0.400. The predicted molar refractivity (Wildman–Crippen MR) is 65.0 cm³/mol. The third-order valence-electron chi connectivity index (χ3n) is 1.81. The monoisotopic (exact) mass is 292 g/mol. The molecule has 0 amide bonds. The summed E-state index contributed by atoms with van der Waals surface area (Å²) in [6.07, 6.45) is 0. The van der Waals surface area contributed by atoms with Crippen molar-refractivity contribution in [2.24, 2.45) is 0 Å². The fourth-order valence-corrected chi connectivity index (χ4v) is 2.13. The van der Waals surface area contributed by atoms with Crippen LogP contribution in [0.1, 0.15) is 26.3 Å². The van der Waals surface area contributed by atoms with Gasteiger partial charge in [-0.2, -0.15) is 0 Å². The minimum Gasteiger partial charge on any atom is -0.0574 e. The van der Waals surface area contributed by atoms with Gasteiger partial charge in [0.15, 0.2) is 0 Å². The summed E-state index contributed by atoms with van der Waals surface area (Å²) in [4.78, 5) is 1.32. The fourth-order valence-electron chi connectivity index (χ4n) is 1.01. The van der Waals surface area contributed by atoms with E-state index < -0.39 is 0 Å². The summed E-state index contributed by atoms with van der Waals surface area (Å²) in [5, 5.41) is 0. The molecule has 0 heterocycles. The molecule has 12 heavy (non-hydrogen) atoms. The molecule has 0 atom stereocenters. The number of benzene rings is 1. The maximum atomic E-state index is 2.30. The second-order valence-electron chi connectivity index (χ2n) is 3.85. The SMILES string of the molecule is CC(C)(C)c1ccc(SI)cc1. The van der Waals surface area contributed by atoms with E-state index in [1.165, 1.54) is 10.5 Å². The van der Waals surface area contributed by atoms with Gasteiger partial charge < -0.3 is 0 Å². The van der Waals surface area contributed by atoms with E-state index in [-0.39, 0.29) is 5.41 Å². The zero-order valence-electron chi connectivity index (χ0n) is 7.60. The van der Waals surface area contributed by atoms with Crippen molar-refractivity contribution < 1.29 is 0 Å². The molecule has 0 radical (unpaired) electrons. The van der Waals surface area contributed by atoms with Crippen LogP contribution in [0.3, 0.4) is 0 Å². The number of hydrogen-bond donors (Lipinski definition) is 0. The van der Waals surface area contributed by atoms with Gasteiger partial charge in [0, 0.05) is 26.1 Å². The van der Waals surface area contributed by atoms with Crippen LogP contribution < -0.4 is 0 Å². The lowest BCUT2D eigenvalue weighted by molar-refractivity contribution is 0.590. The van der Waals surface area contributed by atoms with Crippen LogP contribution in [-0.4, -0.2) is 0 Å². The summed E-state index contributed by atoms with van der Waals surface area (Å²) in [5.74, 6) is 0. The molecule has 2 heteroatoms. The Labute approximate surface area is 90.7 Å². The summed E-state index contributed by atoms with van der Waals surface area (Å²) in [7, 11) is 1.76. The Hall–Kier alpha value is 0.300. The highest BCUT2D eigenvalue weighted by Crippen LogP contribution is 2.28. The molecule has 0 bridgehead atoms. The van der Waals surface area contributed by atoms with E-state index in [1.807, 2.05) is 0 Å². The first kappa shape index (κ1) is 10.4. The van der Waals surface area contributed by atoms with Crippen LogP contribution in [0.4, 0.5) is 0 Å². The zero-order valence-corrected chi connectivity index (χ0v) is 10.6. The van der Waals surface area contributed by atoms with E-state index >= 15 is 0 Å². The van der Waals surface area contributed by atoms with E-state index in [0.717, 1.165) is 0 Å². The lowest BCUT2D eigenvalue weighted by Gasteiger charge is -2.18. The van der Waals surface area contributed by atoms with Gasteiger partial charge in [0.2, 0.25) is 0 Å². The van der Waals surface area contributed by atoms with Gasteiger partial charge in [0.1, 0.15) is 0 Å². The summed E-state index contributed by atoms with van der Waals surface area (Å²) in [6.45, 7) is 6.71. The molecule has 0 spiro atoms. The largest absolute Gasteiger partial charge is 0.0574 e. The molecule has 0 saturated heterocycles. The molecule has 0 saturated carbocycles. The van der Waals surface area contributed by atoms with E-state index in [4.69, 9.17) is 0 Å². The standard InChI is InChI=1S/C10H13IS/c1-10(2,3)8-4-6-9(12-11)7-5-8/h4-7H,1-3H3. The first-order chi connectivity index (χ1) is 5.54. The van der Waals surface area contributed by atoms with Crippen LogP contribution in [-0.2, 0) is 5.41 Å². The van der Waals surface area contributed by atoms with Crippen molar-refractivity contribution in [3.8, 4) is 0 Å². The lowest BCUT2D eigenvalue weighted by Crippen LogP contribution is -2.10. The summed E-state index contributed by atoms with van der Waals surface area (Å²) in [6, 6.07) is 8.78. The predicted octanol–water partition coefficient (Wildman–Crippen LogP) is 4.43. The lowest BCUT2D eigenvalue weighted by atomic mass is 9.87. The molecular weight excluding hydrogens is 279 g/mol. The minimum atomic E-state index is 0.272. The smallest absolute Gasteiger partial charge is 0.0178 e. The topological polar surface area (TPSA) is 0 Å². The Bertz CT molecular complexity index is 246. The molecular formula is C10H13IS. The first-order valence-corrected chi connectivity index (χ1v) is 7.29. The van der Waals surface area contributed by atoms with Gasteiger partial charge in [-0.3, -0.25) is 0 Å². The Kier molecular flexibility index (Phi) is 3.47. The van der Waals surface area contributed by atoms with E-state index in [1.54, 1.807) is 8.93 Å². The van der Waals surface area contributed by atoms with Crippen molar-refractivity contribution in [1.82, 2.24) is 0 Å².